The summed E-state index contributed by atoms with van der Waals surface area (Å²) in [7, 11) is 2.13. The maximum absolute atomic E-state index is 13.0. The van der Waals surface area contributed by atoms with Crippen LogP contribution in [0.5, 0.6) is 5.75 Å². The number of methoxy groups -OCH3 is 1. The van der Waals surface area contributed by atoms with Crippen molar-refractivity contribution >= 4 is 16.9 Å². The van der Waals surface area contributed by atoms with E-state index in [9.17, 15) is 9.00 Å². The monoisotopic (exact) mass is 450 g/mol. The Morgan fingerprint density at radius 1 is 1.19 bits per heavy atom. The molecule has 2 saturated heterocycles. The maximum Gasteiger partial charge on any atom is 0.221 e. The van der Waals surface area contributed by atoms with Crippen LogP contribution in [0.2, 0.25) is 0 Å². The first-order chi connectivity index (χ1) is 14.9. The summed E-state index contributed by atoms with van der Waals surface area (Å²) in [6.07, 6.45) is 4.84. The number of nitrogens with zero attached hydrogens (tertiary/aromatic N) is 2. The van der Waals surface area contributed by atoms with Gasteiger partial charge in [0.05, 0.1) is 12.0 Å². The second kappa shape index (κ2) is 11.4. The largest absolute Gasteiger partial charge is 0.497 e. The molecule has 0 saturated carbocycles. The predicted octanol–water partition coefficient (Wildman–Crippen LogP) is 1.99. The third kappa shape index (κ3) is 6.51. The Kier molecular flexibility index (Phi) is 8.89. The number of nitrogens with one attached hydrogen (secondary N) is 2. The summed E-state index contributed by atoms with van der Waals surface area (Å²) >= 11 is 0. The molecule has 2 fully saturated rings. The highest BCUT2D eigenvalue weighted by Crippen LogP contribution is 2.25. The lowest BCUT2D eigenvalue weighted by molar-refractivity contribution is -0.122. The van der Waals surface area contributed by atoms with Crippen molar-refractivity contribution in [3.63, 3.8) is 0 Å². The first-order valence-corrected chi connectivity index (χ1v) is 12.5. The molecule has 2 N–H and O–H groups in total. The highest BCUT2D eigenvalue weighted by Gasteiger charge is 2.27. The molecule has 2 aliphatic rings. The van der Waals surface area contributed by atoms with Crippen molar-refractivity contribution < 1.29 is 13.7 Å². The van der Waals surface area contributed by atoms with E-state index in [0.717, 1.165) is 60.8 Å². The number of hydrogen-bond acceptors (Lipinski definition) is 5. The van der Waals surface area contributed by atoms with Crippen molar-refractivity contribution in [2.45, 2.75) is 62.9 Å². The maximum atomic E-state index is 13.0. The smallest absolute Gasteiger partial charge is 0.221 e. The van der Waals surface area contributed by atoms with Gasteiger partial charge in [0, 0.05) is 45.2 Å². The van der Waals surface area contributed by atoms with Crippen LogP contribution in [0.15, 0.2) is 17.0 Å². The standard InChI is InChI=1S/C23H38N4O3S/c1-17-15-21(30-4)16-18(2)23(17)31(29)26(3)12-9-22(28)25-19-7-13-27(14-8-19)20-5-10-24-11-6-20/h15-16,19-20,24H,5-14H2,1-4H3,(H,25,28). The molecule has 8 heteroatoms. The minimum Gasteiger partial charge on any atom is -0.497 e. The normalized spacial score (nSPS) is 20.0. The number of carbonyl (C=O) groups excluding carboxylic acids is 1. The van der Waals surface area contributed by atoms with Crippen LogP contribution in [-0.2, 0) is 15.8 Å². The van der Waals surface area contributed by atoms with E-state index in [1.165, 1.54) is 12.8 Å². The van der Waals surface area contributed by atoms with Crippen molar-refractivity contribution in [2.24, 2.45) is 0 Å². The number of piperidine rings is 2. The van der Waals surface area contributed by atoms with E-state index in [-0.39, 0.29) is 11.9 Å². The van der Waals surface area contributed by atoms with E-state index in [0.29, 0.717) is 19.0 Å². The molecule has 0 aromatic heterocycles. The summed E-state index contributed by atoms with van der Waals surface area (Å²) in [5, 5.41) is 6.62. The molecule has 31 heavy (non-hydrogen) atoms. The van der Waals surface area contributed by atoms with Crippen molar-refractivity contribution in [2.75, 3.05) is 46.9 Å². The average molecular weight is 451 g/mol. The van der Waals surface area contributed by atoms with Gasteiger partial charge in [0.25, 0.3) is 0 Å². The van der Waals surface area contributed by atoms with Gasteiger partial charge < -0.3 is 20.3 Å². The molecule has 1 aromatic rings. The second-order valence-electron chi connectivity index (χ2n) is 8.80. The molecule has 2 heterocycles. The molecule has 1 atom stereocenters. The van der Waals surface area contributed by atoms with E-state index in [1.54, 1.807) is 11.4 Å². The Labute approximate surface area is 189 Å². The lowest BCUT2D eigenvalue weighted by Crippen LogP contribution is -2.50. The molecule has 3 rings (SSSR count). The molecular weight excluding hydrogens is 412 g/mol. The van der Waals surface area contributed by atoms with Crippen LogP contribution in [0.3, 0.4) is 0 Å². The summed E-state index contributed by atoms with van der Waals surface area (Å²) in [6, 6.07) is 4.76. The molecule has 174 valence electrons. The van der Waals surface area contributed by atoms with Gasteiger partial charge >= 0.3 is 0 Å². The van der Waals surface area contributed by atoms with E-state index in [2.05, 4.69) is 15.5 Å². The fourth-order valence-corrected chi connectivity index (χ4v) is 5.92. The van der Waals surface area contributed by atoms with Gasteiger partial charge in [0.1, 0.15) is 16.7 Å². The molecule has 1 aromatic carbocycles. The molecular formula is C23H38N4O3S. The summed E-state index contributed by atoms with van der Waals surface area (Å²) in [5.41, 5.74) is 1.87. The molecule has 7 nitrogen and oxygen atoms in total. The zero-order valence-electron chi connectivity index (χ0n) is 19.4. The number of likely N-dealkylation sites (tertiary alicyclic amines) is 1. The van der Waals surface area contributed by atoms with Crippen molar-refractivity contribution in [1.29, 1.82) is 0 Å². The van der Waals surface area contributed by atoms with Crippen molar-refractivity contribution in [1.82, 2.24) is 19.8 Å². The Morgan fingerprint density at radius 2 is 1.81 bits per heavy atom. The Balaban J connectivity index is 1.43. The Hall–Kier alpha value is -1.48. The van der Waals surface area contributed by atoms with Gasteiger partial charge in [-0.1, -0.05) is 0 Å². The number of aryl methyl sites for hydroxylation is 2. The van der Waals surface area contributed by atoms with Gasteiger partial charge in [0.2, 0.25) is 5.91 Å². The van der Waals surface area contributed by atoms with E-state index < -0.39 is 11.0 Å². The lowest BCUT2D eigenvalue weighted by Gasteiger charge is -2.39. The van der Waals surface area contributed by atoms with Crippen LogP contribution in [0.4, 0.5) is 0 Å². The fraction of sp³-hybridized carbons (Fsp3) is 0.696. The molecule has 1 unspecified atom stereocenters. The quantitative estimate of drug-likeness (QED) is 0.634. The zero-order valence-corrected chi connectivity index (χ0v) is 20.2. The van der Waals surface area contributed by atoms with Crippen LogP contribution >= 0.6 is 0 Å². The zero-order chi connectivity index (χ0) is 22.4. The average Bonchev–Trinajstić information content (AvgIpc) is 2.77. The molecule has 1 amide bonds. The molecule has 0 bridgehead atoms. The number of ether oxygens (including phenoxy) is 1. The lowest BCUT2D eigenvalue weighted by atomic mass is 9.98. The number of hydrogen-bond donors (Lipinski definition) is 2. The summed E-state index contributed by atoms with van der Waals surface area (Å²) < 4.78 is 20.1. The number of rotatable bonds is 8. The summed E-state index contributed by atoms with van der Waals surface area (Å²) in [6.45, 7) is 8.71. The first kappa shape index (κ1) is 24.2. The van der Waals surface area contributed by atoms with Crippen LogP contribution in [-0.4, -0.2) is 78.3 Å². The van der Waals surface area contributed by atoms with Crippen LogP contribution in [0.1, 0.15) is 43.2 Å². The third-order valence-corrected chi connectivity index (χ3v) is 8.24. The minimum absolute atomic E-state index is 0.0485. The minimum atomic E-state index is -1.31. The van der Waals surface area contributed by atoms with Crippen LogP contribution in [0.25, 0.3) is 0 Å². The fourth-order valence-electron chi connectivity index (χ4n) is 4.68. The third-order valence-electron chi connectivity index (χ3n) is 6.50. The number of benzene rings is 1. The molecule has 0 spiro atoms. The first-order valence-electron chi connectivity index (χ1n) is 11.4. The van der Waals surface area contributed by atoms with E-state index >= 15 is 0 Å². The van der Waals surface area contributed by atoms with E-state index in [1.807, 2.05) is 33.0 Å². The van der Waals surface area contributed by atoms with Gasteiger partial charge in [-0.2, -0.15) is 0 Å². The van der Waals surface area contributed by atoms with E-state index in [4.69, 9.17) is 4.74 Å². The highest BCUT2D eigenvalue weighted by molar-refractivity contribution is 7.82. The Bertz CT molecular complexity index is 751. The van der Waals surface area contributed by atoms with Gasteiger partial charge in [-0.25, -0.2) is 8.51 Å². The highest BCUT2D eigenvalue weighted by atomic mass is 32.2. The van der Waals surface area contributed by atoms with Gasteiger partial charge in [-0.15, -0.1) is 0 Å². The summed E-state index contributed by atoms with van der Waals surface area (Å²) in [4.78, 5) is 15.9. The molecule has 0 aliphatic carbocycles. The molecule has 0 radical (unpaired) electrons. The van der Waals surface area contributed by atoms with Crippen molar-refractivity contribution in [3.05, 3.63) is 23.3 Å². The SMILES string of the molecule is COc1cc(C)c(S(=O)N(C)CCC(=O)NC2CCN(C3CCNCC3)CC2)c(C)c1. The van der Waals surface area contributed by atoms with Crippen molar-refractivity contribution in [3.8, 4) is 5.75 Å². The van der Waals surface area contributed by atoms with Gasteiger partial charge in [-0.3, -0.25) is 4.79 Å². The molecule has 2 aliphatic heterocycles. The number of carbonyl (C=O) groups is 1. The summed E-state index contributed by atoms with van der Waals surface area (Å²) in [5.74, 6) is 0.816. The topological polar surface area (TPSA) is 73.9 Å². The second-order valence-corrected chi connectivity index (χ2v) is 10.3. The van der Waals surface area contributed by atoms with Gasteiger partial charge in [-0.05, 0) is 75.9 Å². The predicted molar refractivity (Wildman–Crippen MR) is 125 cm³/mol. The van der Waals surface area contributed by atoms with Crippen LogP contribution < -0.4 is 15.4 Å². The number of amides is 1. The van der Waals surface area contributed by atoms with Crippen LogP contribution in [0, 0.1) is 13.8 Å². The van der Waals surface area contributed by atoms with Gasteiger partial charge in [0.15, 0.2) is 0 Å². The Morgan fingerprint density at radius 3 is 2.39 bits per heavy atom.